The Morgan fingerprint density at radius 2 is 2.25 bits per heavy atom. The highest BCUT2D eigenvalue weighted by molar-refractivity contribution is 5.81. The van der Waals surface area contributed by atoms with Gasteiger partial charge in [-0.2, -0.15) is 0 Å². The second-order valence-corrected chi connectivity index (χ2v) is 4.52. The van der Waals surface area contributed by atoms with Crippen LogP contribution >= 0.6 is 0 Å². The molecule has 2 fully saturated rings. The van der Waals surface area contributed by atoms with Crippen molar-refractivity contribution in [1.29, 1.82) is 0 Å². The van der Waals surface area contributed by atoms with Crippen LogP contribution in [0.2, 0.25) is 0 Å². The van der Waals surface area contributed by atoms with E-state index in [9.17, 15) is 4.79 Å². The molecule has 4 heteroatoms. The Kier molecular flexibility index (Phi) is 3.83. The Balaban J connectivity index is 1.82. The van der Waals surface area contributed by atoms with Gasteiger partial charge in [-0.05, 0) is 25.8 Å². The first-order valence-electron chi connectivity index (χ1n) is 6.06. The summed E-state index contributed by atoms with van der Waals surface area (Å²) < 4.78 is 4.55. The minimum atomic E-state index is -0.300. The summed E-state index contributed by atoms with van der Waals surface area (Å²) in [5.74, 6) is -0.300. The van der Waals surface area contributed by atoms with E-state index in [0.29, 0.717) is 12.1 Å². The molecule has 0 aliphatic carbocycles. The summed E-state index contributed by atoms with van der Waals surface area (Å²) in [6.07, 6.45) is 8.31. The molecule has 0 aromatic carbocycles. The quantitative estimate of drug-likeness (QED) is 0.571. The van der Waals surface area contributed by atoms with Gasteiger partial charge < -0.3 is 10.1 Å². The number of hydrogen-bond acceptors (Lipinski definition) is 4. The molecule has 0 amide bonds. The van der Waals surface area contributed by atoms with Crippen molar-refractivity contribution in [3.05, 3.63) is 12.3 Å². The summed E-state index contributed by atoms with van der Waals surface area (Å²) in [7, 11) is 1.39. The molecule has 0 aromatic heterocycles. The average molecular weight is 224 g/mol. The maximum absolute atomic E-state index is 10.9. The largest absolute Gasteiger partial charge is 0.466 e. The van der Waals surface area contributed by atoms with Crippen LogP contribution in [0, 0.1) is 0 Å². The zero-order valence-electron chi connectivity index (χ0n) is 9.82. The van der Waals surface area contributed by atoms with Gasteiger partial charge in [0.1, 0.15) is 0 Å². The molecule has 0 bridgehead atoms. The van der Waals surface area contributed by atoms with Crippen LogP contribution in [0.25, 0.3) is 0 Å². The van der Waals surface area contributed by atoms with Crippen molar-refractivity contribution >= 4 is 5.97 Å². The molecule has 2 heterocycles. The molecule has 4 nitrogen and oxygen atoms in total. The molecule has 0 spiro atoms. The molecule has 90 valence electrons. The van der Waals surface area contributed by atoms with Gasteiger partial charge in [0, 0.05) is 30.9 Å². The fraction of sp³-hybridized carbons (Fsp3) is 0.750. The number of nitrogens with zero attached hydrogens (tertiary/aromatic N) is 1. The summed E-state index contributed by atoms with van der Waals surface area (Å²) in [5, 5.41) is 3.32. The van der Waals surface area contributed by atoms with Crippen LogP contribution in [-0.4, -0.2) is 43.2 Å². The molecule has 0 saturated carbocycles. The van der Waals surface area contributed by atoms with Gasteiger partial charge in [0.2, 0.25) is 0 Å². The minimum absolute atomic E-state index is 0.300. The van der Waals surface area contributed by atoms with Gasteiger partial charge in [-0.15, -0.1) is 0 Å². The van der Waals surface area contributed by atoms with Crippen LogP contribution < -0.4 is 5.32 Å². The van der Waals surface area contributed by atoms with Crippen molar-refractivity contribution in [2.75, 3.05) is 20.2 Å². The summed E-state index contributed by atoms with van der Waals surface area (Å²) in [4.78, 5) is 13.5. The lowest BCUT2D eigenvalue weighted by Crippen LogP contribution is -2.43. The number of carbonyl (C=O) groups is 1. The predicted octanol–water partition coefficient (Wildman–Crippen LogP) is 0.889. The normalized spacial score (nSPS) is 30.3. The lowest BCUT2D eigenvalue weighted by atomic mass is 9.99. The second-order valence-electron chi connectivity index (χ2n) is 4.52. The highest BCUT2D eigenvalue weighted by atomic mass is 16.5. The van der Waals surface area contributed by atoms with Crippen LogP contribution in [-0.2, 0) is 9.53 Å². The zero-order valence-corrected chi connectivity index (χ0v) is 9.82. The van der Waals surface area contributed by atoms with E-state index < -0.39 is 0 Å². The number of ether oxygens (including phenoxy) is 1. The predicted molar refractivity (Wildman–Crippen MR) is 61.9 cm³/mol. The lowest BCUT2D eigenvalue weighted by molar-refractivity contribution is -0.134. The van der Waals surface area contributed by atoms with Crippen LogP contribution in [0.15, 0.2) is 12.3 Å². The van der Waals surface area contributed by atoms with E-state index >= 15 is 0 Å². The van der Waals surface area contributed by atoms with Gasteiger partial charge in [0.25, 0.3) is 0 Å². The summed E-state index contributed by atoms with van der Waals surface area (Å²) in [6.45, 7) is 2.43. The maximum Gasteiger partial charge on any atom is 0.331 e. The van der Waals surface area contributed by atoms with E-state index in [1.807, 2.05) is 0 Å². The van der Waals surface area contributed by atoms with Crippen LogP contribution in [0.4, 0.5) is 0 Å². The number of rotatable bonds is 3. The number of fused-ring (bicyclic) bond motifs is 1. The first-order chi connectivity index (χ1) is 7.81. The third-order valence-electron chi connectivity index (χ3n) is 3.59. The highest BCUT2D eigenvalue weighted by Gasteiger charge is 2.34. The molecule has 2 unspecified atom stereocenters. The summed E-state index contributed by atoms with van der Waals surface area (Å²) in [6, 6.07) is 1.16. The van der Waals surface area contributed by atoms with Gasteiger partial charge in [0.05, 0.1) is 7.11 Å². The van der Waals surface area contributed by atoms with Gasteiger partial charge in [-0.3, -0.25) is 4.90 Å². The molecule has 2 rings (SSSR count). The van der Waals surface area contributed by atoms with Crippen molar-refractivity contribution in [2.45, 2.75) is 37.8 Å². The first-order valence-corrected chi connectivity index (χ1v) is 6.06. The smallest absolute Gasteiger partial charge is 0.331 e. The van der Waals surface area contributed by atoms with Gasteiger partial charge >= 0.3 is 5.97 Å². The van der Waals surface area contributed by atoms with Crippen molar-refractivity contribution < 1.29 is 9.53 Å². The molecule has 1 N–H and O–H groups in total. The average Bonchev–Trinajstić information content (AvgIpc) is 2.73. The Labute approximate surface area is 96.6 Å². The lowest BCUT2D eigenvalue weighted by Gasteiger charge is -2.32. The highest BCUT2D eigenvalue weighted by Crippen LogP contribution is 2.26. The molecule has 2 aliphatic rings. The monoisotopic (exact) mass is 224 g/mol. The van der Waals surface area contributed by atoms with Crippen molar-refractivity contribution in [1.82, 2.24) is 10.2 Å². The molecule has 2 atom stereocenters. The van der Waals surface area contributed by atoms with Gasteiger partial charge in [-0.1, -0.05) is 6.42 Å². The number of methoxy groups -OCH3 is 1. The fourth-order valence-electron chi connectivity index (χ4n) is 2.75. The Bertz CT molecular complexity index is 278. The van der Waals surface area contributed by atoms with E-state index in [0.717, 1.165) is 0 Å². The van der Waals surface area contributed by atoms with Crippen molar-refractivity contribution in [2.24, 2.45) is 0 Å². The van der Waals surface area contributed by atoms with E-state index in [1.54, 1.807) is 6.20 Å². The van der Waals surface area contributed by atoms with E-state index in [-0.39, 0.29) is 5.97 Å². The van der Waals surface area contributed by atoms with Gasteiger partial charge in [-0.25, -0.2) is 4.79 Å². The van der Waals surface area contributed by atoms with E-state index in [2.05, 4.69) is 15.0 Å². The number of carbonyl (C=O) groups excluding carboxylic acids is 1. The molecule has 2 aliphatic heterocycles. The Hall–Kier alpha value is -1.03. The zero-order chi connectivity index (χ0) is 11.4. The topological polar surface area (TPSA) is 41.6 Å². The van der Waals surface area contributed by atoms with E-state index in [4.69, 9.17) is 0 Å². The Morgan fingerprint density at radius 3 is 3.06 bits per heavy atom. The number of nitrogens with one attached hydrogen (secondary N) is 1. The molecule has 2 saturated heterocycles. The molecular formula is C12H20N2O2. The maximum atomic E-state index is 10.9. The van der Waals surface area contributed by atoms with Crippen LogP contribution in [0.3, 0.4) is 0 Å². The number of piperidine rings is 1. The number of hydrogen-bond donors (Lipinski definition) is 1. The summed E-state index contributed by atoms with van der Waals surface area (Å²) in [5.41, 5.74) is 0. The third kappa shape index (κ3) is 2.55. The Morgan fingerprint density at radius 1 is 1.38 bits per heavy atom. The third-order valence-corrected chi connectivity index (χ3v) is 3.59. The summed E-state index contributed by atoms with van der Waals surface area (Å²) >= 11 is 0. The molecule has 0 aromatic rings. The van der Waals surface area contributed by atoms with Crippen LogP contribution in [0.1, 0.15) is 25.7 Å². The van der Waals surface area contributed by atoms with E-state index in [1.165, 1.54) is 52.0 Å². The second kappa shape index (κ2) is 5.34. The molecule has 16 heavy (non-hydrogen) atoms. The van der Waals surface area contributed by atoms with Crippen molar-refractivity contribution in [3.8, 4) is 0 Å². The van der Waals surface area contributed by atoms with Gasteiger partial charge in [0.15, 0.2) is 0 Å². The van der Waals surface area contributed by atoms with Crippen molar-refractivity contribution in [3.63, 3.8) is 0 Å². The first kappa shape index (κ1) is 11.5. The molecule has 0 radical (unpaired) electrons. The molecular weight excluding hydrogens is 204 g/mol. The standard InChI is InChI=1S/C12H20N2O2/c1-16-12(15)5-7-13-10-6-9-14-8-3-2-4-11(10)14/h5,7,10-11,13H,2-4,6,8-9H2,1H3/b7-5+. The SMILES string of the molecule is COC(=O)/C=C/NC1CCN2CCCCC12. The minimum Gasteiger partial charge on any atom is -0.466 e. The van der Waals surface area contributed by atoms with Crippen LogP contribution in [0.5, 0.6) is 0 Å². The number of esters is 1. The fourth-order valence-corrected chi connectivity index (χ4v) is 2.75.